The van der Waals surface area contributed by atoms with Gasteiger partial charge in [0.1, 0.15) is 11.9 Å². The number of nitriles is 1. The van der Waals surface area contributed by atoms with Crippen LogP contribution in [0.15, 0.2) is 41.7 Å². The van der Waals surface area contributed by atoms with Gasteiger partial charge in [0, 0.05) is 40.9 Å². The third kappa shape index (κ3) is 3.19. The summed E-state index contributed by atoms with van der Waals surface area (Å²) in [6, 6.07) is 10.7. The molecule has 0 fully saturated rings. The third-order valence-electron chi connectivity index (χ3n) is 6.03. The molecule has 2 aliphatic rings. The second-order valence-electron chi connectivity index (χ2n) is 10.3. The number of anilines is 1. The fraction of sp³-hybridized carbons (Fsp3) is 0.440. The maximum atomic E-state index is 13.3. The van der Waals surface area contributed by atoms with Crippen LogP contribution in [0.4, 0.5) is 5.82 Å². The van der Waals surface area contributed by atoms with Gasteiger partial charge in [0.15, 0.2) is 5.78 Å². The van der Waals surface area contributed by atoms with Crippen LogP contribution in [0.5, 0.6) is 0 Å². The van der Waals surface area contributed by atoms with Crippen molar-refractivity contribution in [3.63, 3.8) is 0 Å². The molecule has 0 bridgehead atoms. The Morgan fingerprint density at radius 1 is 1.24 bits per heavy atom. The molecule has 4 heteroatoms. The van der Waals surface area contributed by atoms with E-state index in [2.05, 4.69) is 75.7 Å². The predicted octanol–water partition coefficient (Wildman–Crippen LogP) is 5.62. The van der Waals surface area contributed by atoms with E-state index in [0.717, 1.165) is 40.2 Å². The van der Waals surface area contributed by atoms with Gasteiger partial charge in [-0.05, 0) is 45.1 Å². The first kappa shape index (κ1) is 19.5. The van der Waals surface area contributed by atoms with Gasteiger partial charge in [-0.3, -0.25) is 4.79 Å². The van der Waals surface area contributed by atoms with E-state index in [1.165, 1.54) is 0 Å². The zero-order valence-electron chi connectivity index (χ0n) is 18.2. The fourth-order valence-corrected chi connectivity index (χ4v) is 4.81. The Hall–Kier alpha value is -2.80. The second-order valence-corrected chi connectivity index (χ2v) is 10.3. The number of nitrogens with one attached hydrogen (secondary N) is 1. The van der Waals surface area contributed by atoms with Gasteiger partial charge in [0.05, 0.1) is 5.56 Å². The van der Waals surface area contributed by atoms with E-state index in [9.17, 15) is 10.1 Å². The largest absolute Gasteiger partial charge is 0.344 e. The van der Waals surface area contributed by atoms with Gasteiger partial charge in [-0.15, -0.1) is 0 Å². The van der Waals surface area contributed by atoms with Crippen LogP contribution >= 0.6 is 0 Å². The lowest BCUT2D eigenvalue weighted by atomic mass is 9.69. The number of hydrogen-bond donors (Lipinski definition) is 1. The van der Waals surface area contributed by atoms with Gasteiger partial charge < -0.3 is 9.88 Å². The summed E-state index contributed by atoms with van der Waals surface area (Å²) >= 11 is 0. The molecule has 2 heterocycles. The molecule has 29 heavy (non-hydrogen) atoms. The first-order valence-corrected chi connectivity index (χ1v) is 10.3. The summed E-state index contributed by atoms with van der Waals surface area (Å²) < 4.78 is 2.15. The van der Waals surface area contributed by atoms with E-state index in [1.807, 2.05) is 12.3 Å². The molecule has 150 valence electrons. The Balaban J connectivity index is 2.04. The van der Waals surface area contributed by atoms with E-state index in [4.69, 9.17) is 0 Å². The number of Topliss-reactive ketones (excluding diaryl/α,β-unsaturated/α-hetero) is 1. The van der Waals surface area contributed by atoms with Crippen LogP contribution in [-0.4, -0.2) is 10.4 Å². The summed E-state index contributed by atoms with van der Waals surface area (Å²) in [5.41, 5.74) is 5.39. The number of ketones is 1. The lowest BCUT2D eigenvalue weighted by molar-refractivity contribution is -0.118. The Labute approximate surface area is 173 Å². The van der Waals surface area contributed by atoms with Gasteiger partial charge in [0.25, 0.3) is 0 Å². The van der Waals surface area contributed by atoms with Crippen molar-refractivity contribution in [3.05, 3.63) is 64.0 Å². The maximum Gasteiger partial charge on any atom is 0.162 e. The van der Waals surface area contributed by atoms with Crippen LogP contribution in [-0.2, 0) is 10.3 Å². The minimum Gasteiger partial charge on any atom is -0.344 e. The Bertz CT molecular complexity index is 1090. The van der Waals surface area contributed by atoms with E-state index in [-0.39, 0.29) is 22.7 Å². The van der Waals surface area contributed by atoms with Crippen molar-refractivity contribution in [3.8, 4) is 6.07 Å². The lowest BCUT2D eigenvalue weighted by Crippen LogP contribution is -2.35. The molecule has 0 saturated heterocycles. The topological polar surface area (TPSA) is 57.8 Å². The molecular formula is C25H29N3O. The van der Waals surface area contributed by atoms with Crippen molar-refractivity contribution in [1.29, 1.82) is 5.26 Å². The number of fused-ring (bicyclic) bond motifs is 1. The number of rotatable bonds is 1. The number of carbonyl (C=O) groups is 1. The molecule has 0 amide bonds. The molecule has 4 rings (SSSR count). The summed E-state index contributed by atoms with van der Waals surface area (Å²) in [7, 11) is 0. The number of allylic oxidation sites excluding steroid dienone is 2. The third-order valence-corrected chi connectivity index (χ3v) is 6.03. The summed E-state index contributed by atoms with van der Waals surface area (Å²) in [6.45, 7) is 12.8. The van der Waals surface area contributed by atoms with Gasteiger partial charge in [-0.25, -0.2) is 0 Å². The average molecular weight is 388 g/mol. The van der Waals surface area contributed by atoms with Crippen LogP contribution in [0.1, 0.15) is 75.6 Å². The van der Waals surface area contributed by atoms with Crippen LogP contribution < -0.4 is 5.32 Å². The second kappa shape index (κ2) is 6.35. The highest BCUT2D eigenvalue weighted by atomic mass is 16.1. The molecule has 1 aliphatic carbocycles. The SMILES string of the molecule is Cc1cccc([C@H]2C3=C(CC(C)(C)CC3=O)Nc3c2c(C#N)cn3C(C)(C)C)c1. The molecule has 1 aromatic carbocycles. The van der Waals surface area contributed by atoms with Crippen LogP contribution in [0.3, 0.4) is 0 Å². The van der Waals surface area contributed by atoms with Crippen molar-refractivity contribution in [2.45, 2.75) is 65.8 Å². The summed E-state index contributed by atoms with van der Waals surface area (Å²) in [5, 5.41) is 13.5. The van der Waals surface area contributed by atoms with E-state index >= 15 is 0 Å². The molecule has 1 atom stereocenters. The first-order valence-electron chi connectivity index (χ1n) is 10.3. The highest BCUT2D eigenvalue weighted by molar-refractivity contribution is 6.01. The molecule has 0 unspecified atom stereocenters. The van der Waals surface area contributed by atoms with E-state index < -0.39 is 0 Å². The van der Waals surface area contributed by atoms with E-state index in [1.54, 1.807) is 0 Å². The molecule has 0 radical (unpaired) electrons. The normalized spacial score (nSPS) is 20.6. The molecule has 1 N–H and O–H groups in total. The Morgan fingerprint density at radius 3 is 2.59 bits per heavy atom. The van der Waals surface area contributed by atoms with Gasteiger partial charge >= 0.3 is 0 Å². The number of aromatic nitrogens is 1. The molecule has 1 aliphatic heterocycles. The van der Waals surface area contributed by atoms with Crippen molar-refractivity contribution in [2.75, 3.05) is 5.32 Å². The zero-order chi connectivity index (χ0) is 21.1. The Morgan fingerprint density at radius 2 is 1.97 bits per heavy atom. The molecule has 0 saturated carbocycles. The minimum absolute atomic E-state index is 0.0746. The van der Waals surface area contributed by atoms with Crippen LogP contribution in [0.25, 0.3) is 0 Å². The summed E-state index contributed by atoms with van der Waals surface area (Å²) in [6.07, 6.45) is 3.30. The number of benzene rings is 1. The quantitative estimate of drug-likeness (QED) is 0.690. The molecule has 0 spiro atoms. The number of nitrogens with zero attached hydrogens (tertiary/aromatic N) is 2. The van der Waals surface area contributed by atoms with Crippen molar-refractivity contribution < 1.29 is 4.79 Å². The minimum atomic E-state index is -0.206. The molecular weight excluding hydrogens is 358 g/mol. The monoisotopic (exact) mass is 387 g/mol. The zero-order valence-corrected chi connectivity index (χ0v) is 18.2. The predicted molar refractivity (Wildman–Crippen MR) is 116 cm³/mol. The van der Waals surface area contributed by atoms with Crippen molar-refractivity contribution >= 4 is 11.6 Å². The molecule has 4 nitrogen and oxygen atoms in total. The van der Waals surface area contributed by atoms with Crippen LogP contribution in [0, 0.1) is 23.7 Å². The lowest BCUT2D eigenvalue weighted by Gasteiger charge is -2.40. The maximum absolute atomic E-state index is 13.3. The Kier molecular flexibility index (Phi) is 4.27. The number of aryl methyl sites for hydroxylation is 1. The summed E-state index contributed by atoms with van der Waals surface area (Å²) in [4.78, 5) is 13.3. The van der Waals surface area contributed by atoms with Gasteiger partial charge in [-0.2, -0.15) is 5.26 Å². The first-order chi connectivity index (χ1) is 13.5. The summed E-state index contributed by atoms with van der Waals surface area (Å²) in [5.74, 6) is 0.932. The van der Waals surface area contributed by atoms with Crippen molar-refractivity contribution in [1.82, 2.24) is 4.57 Å². The molecule has 2 aromatic rings. The van der Waals surface area contributed by atoms with Gasteiger partial charge in [0.2, 0.25) is 0 Å². The average Bonchev–Trinajstić information content (AvgIpc) is 2.97. The number of hydrogen-bond acceptors (Lipinski definition) is 3. The van der Waals surface area contributed by atoms with E-state index in [0.29, 0.717) is 12.0 Å². The smallest absolute Gasteiger partial charge is 0.162 e. The standard InChI is InChI=1S/C25H29N3O/c1-15-8-7-9-16(10-15)20-21-17(13-26)14-28(24(2,3)4)23(21)27-18-11-25(5,6)12-19(29)22(18)20/h7-10,14,20,27H,11-12H2,1-6H3/t20-/m1/s1. The van der Waals surface area contributed by atoms with Crippen molar-refractivity contribution in [2.24, 2.45) is 5.41 Å². The van der Waals surface area contributed by atoms with Crippen LogP contribution in [0.2, 0.25) is 0 Å². The fourth-order valence-electron chi connectivity index (χ4n) is 4.81. The highest BCUT2D eigenvalue weighted by Crippen LogP contribution is 2.51. The molecule has 1 aromatic heterocycles. The van der Waals surface area contributed by atoms with Gasteiger partial charge in [-0.1, -0.05) is 43.7 Å². The highest BCUT2D eigenvalue weighted by Gasteiger charge is 2.43. The number of carbonyl (C=O) groups excluding carboxylic acids is 1.